The number of aromatic nitrogens is 1. The summed E-state index contributed by atoms with van der Waals surface area (Å²) in [5.41, 5.74) is 6.90. The minimum Gasteiger partial charge on any atom is -0.361 e. The van der Waals surface area contributed by atoms with Crippen LogP contribution in [-0.4, -0.2) is 23.5 Å². The zero-order chi connectivity index (χ0) is 13.1. The average molecular weight is 249 g/mol. The SMILES string of the molecule is CC(N)CNC(=O)Cc1c[nH]c2cccc(F)c12. The fraction of sp³-hybridized carbons (Fsp3) is 0.308. The zero-order valence-electron chi connectivity index (χ0n) is 10.2. The van der Waals surface area contributed by atoms with Crippen molar-refractivity contribution in [1.29, 1.82) is 0 Å². The number of rotatable bonds is 4. The first kappa shape index (κ1) is 12.6. The van der Waals surface area contributed by atoms with Crippen molar-refractivity contribution in [3.63, 3.8) is 0 Å². The molecule has 0 saturated carbocycles. The largest absolute Gasteiger partial charge is 0.361 e. The number of carbonyl (C=O) groups is 1. The van der Waals surface area contributed by atoms with E-state index in [1.54, 1.807) is 18.3 Å². The molecule has 1 heterocycles. The minimum absolute atomic E-state index is 0.0892. The van der Waals surface area contributed by atoms with Crippen LogP contribution in [0.2, 0.25) is 0 Å². The summed E-state index contributed by atoms with van der Waals surface area (Å²) in [6.07, 6.45) is 1.81. The Labute approximate surface area is 104 Å². The molecule has 2 rings (SSSR count). The lowest BCUT2D eigenvalue weighted by molar-refractivity contribution is -0.120. The van der Waals surface area contributed by atoms with Crippen LogP contribution in [0.15, 0.2) is 24.4 Å². The van der Waals surface area contributed by atoms with Gasteiger partial charge < -0.3 is 16.0 Å². The molecular formula is C13H16FN3O. The third-order valence-electron chi connectivity index (χ3n) is 2.71. The number of benzene rings is 1. The Bertz CT molecular complexity index is 562. The smallest absolute Gasteiger partial charge is 0.224 e. The zero-order valence-corrected chi connectivity index (χ0v) is 10.2. The standard InChI is InChI=1S/C13H16FN3O/c1-8(15)6-17-12(18)5-9-7-16-11-4-2-3-10(14)13(9)11/h2-4,7-8,16H,5-6,15H2,1H3,(H,17,18). The molecule has 0 aliphatic heterocycles. The van der Waals surface area contributed by atoms with Crippen molar-refractivity contribution >= 4 is 16.8 Å². The summed E-state index contributed by atoms with van der Waals surface area (Å²) < 4.78 is 13.7. The van der Waals surface area contributed by atoms with Gasteiger partial charge in [0.2, 0.25) is 5.91 Å². The van der Waals surface area contributed by atoms with E-state index in [0.717, 1.165) is 0 Å². The molecule has 0 saturated heterocycles. The second-order valence-corrected chi connectivity index (χ2v) is 4.43. The highest BCUT2D eigenvalue weighted by Crippen LogP contribution is 2.21. The quantitative estimate of drug-likeness (QED) is 0.764. The van der Waals surface area contributed by atoms with Gasteiger partial charge in [0.05, 0.1) is 6.42 Å². The van der Waals surface area contributed by atoms with Crippen LogP contribution in [0.1, 0.15) is 12.5 Å². The molecule has 1 unspecified atom stereocenters. The third-order valence-corrected chi connectivity index (χ3v) is 2.71. The van der Waals surface area contributed by atoms with Crippen molar-refractivity contribution in [3.05, 3.63) is 35.8 Å². The summed E-state index contributed by atoms with van der Waals surface area (Å²) in [4.78, 5) is 14.6. The van der Waals surface area contributed by atoms with Gasteiger partial charge in [-0.1, -0.05) is 6.07 Å². The Balaban J connectivity index is 2.15. The number of hydrogen-bond acceptors (Lipinski definition) is 2. The highest BCUT2D eigenvalue weighted by atomic mass is 19.1. The molecule has 0 fully saturated rings. The number of halogens is 1. The van der Waals surface area contributed by atoms with Crippen LogP contribution in [0.5, 0.6) is 0 Å². The normalized spacial score (nSPS) is 12.6. The van der Waals surface area contributed by atoms with E-state index < -0.39 is 0 Å². The Morgan fingerprint density at radius 2 is 2.33 bits per heavy atom. The monoisotopic (exact) mass is 249 g/mol. The van der Waals surface area contributed by atoms with Gasteiger partial charge in [-0.25, -0.2) is 4.39 Å². The van der Waals surface area contributed by atoms with Crippen LogP contribution in [0.3, 0.4) is 0 Å². The van der Waals surface area contributed by atoms with Gasteiger partial charge in [-0.2, -0.15) is 0 Å². The van der Waals surface area contributed by atoms with Crippen molar-refractivity contribution < 1.29 is 9.18 Å². The Kier molecular flexibility index (Phi) is 3.62. The van der Waals surface area contributed by atoms with E-state index >= 15 is 0 Å². The van der Waals surface area contributed by atoms with E-state index in [0.29, 0.717) is 23.0 Å². The molecule has 1 atom stereocenters. The number of carbonyl (C=O) groups excluding carboxylic acids is 1. The van der Waals surface area contributed by atoms with E-state index in [4.69, 9.17) is 5.73 Å². The second kappa shape index (κ2) is 5.18. The van der Waals surface area contributed by atoms with Crippen molar-refractivity contribution in [2.75, 3.05) is 6.54 Å². The number of H-pyrrole nitrogens is 1. The van der Waals surface area contributed by atoms with Gasteiger partial charge in [0, 0.05) is 29.7 Å². The molecule has 1 aromatic heterocycles. The molecule has 5 heteroatoms. The molecule has 0 bridgehead atoms. The summed E-state index contributed by atoms with van der Waals surface area (Å²) in [6.45, 7) is 2.23. The van der Waals surface area contributed by atoms with Gasteiger partial charge in [0.15, 0.2) is 0 Å². The maximum Gasteiger partial charge on any atom is 0.224 e. The van der Waals surface area contributed by atoms with Crippen molar-refractivity contribution in [1.82, 2.24) is 10.3 Å². The molecule has 0 aliphatic rings. The number of nitrogens with two attached hydrogens (primary N) is 1. The predicted octanol–water partition coefficient (Wildman–Crippen LogP) is 1.31. The predicted molar refractivity (Wildman–Crippen MR) is 68.6 cm³/mol. The maximum absolute atomic E-state index is 13.7. The molecule has 0 radical (unpaired) electrons. The lowest BCUT2D eigenvalue weighted by Crippen LogP contribution is -2.35. The number of amides is 1. The van der Waals surface area contributed by atoms with Crippen LogP contribution in [0, 0.1) is 5.82 Å². The van der Waals surface area contributed by atoms with Gasteiger partial charge >= 0.3 is 0 Å². The molecule has 2 aromatic rings. The Morgan fingerprint density at radius 1 is 1.56 bits per heavy atom. The summed E-state index contributed by atoms with van der Waals surface area (Å²) in [6, 6.07) is 4.71. The molecule has 0 spiro atoms. The first-order valence-electron chi connectivity index (χ1n) is 5.84. The van der Waals surface area contributed by atoms with Crippen LogP contribution < -0.4 is 11.1 Å². The number of aromatic amines is 1. The Hall–Kier alpha value is -1.88. The van der Waals surface area contributed by atoms with Crippen LogP contribution in [0.4, 0.5) is 4.39 Å². The van der Waals surface area contributed by atoms with E-state index in [2.05, 4.69) is 10.3 Å². The summed E-state index contributed by atoms with van der Waals surface area (Å²) in [5, 5.41) is 3.18. The summed E-state index contributed by atoms with van der Waals surface area (Å²) in [7, 11) is 0. The number of nitrogens with one attached hydrogen (secondary N) is 2. The van der Waals surface area contributed by atoms with E-state index in [1.807, 2.05) is 6.92 Å². The molecule has 4 N–H and O–H groups in total. The van der Waals surface area contributed by atoms with Gasteiger partial charge in [-0.3, -0.25) is 4.79 Å². The third kappa shape index (κ3) is 2.68. The molecule has 96 valence electrons. The number of fused-ring (bicyclic) bond motifs is 1. The molecular weight excluding hydrogens is 233 g/mol. The van der Waals surface area contributed by atoms with Gasteiger partial charge in [-0.15, -0.1) is 0 Å². The van der Waals surface area contributed by atoms with Crippen LogP contribution in [-0.2, 0) is 11.2 Å². The first-order valence-corrected chi connectivity index (χ1v) is 5.84. The van der Waals surface area contributed by atoms with Crippen LogP contribution >= 0.6 is 0 Å². The fourth-order valence-corrected chi connectivity index (χ4v) is 1.86. The molecule has 4 nitrogen and oxygen atoms in total. The first-order chi connectivity index (χ1) is 8.58. The van der Waals surface area contributed by atoms with Gasteiger partial charge in [-0.05, 0) is 24.6 Å². The van der Waals surface area contributed by atoms with Crippen molar-refractivity contribution in [3.8, 4) is 0 Å². The Morgan fingerprint density at radius 3 is 3.06 bits per heavy atom. The maximum atomic E-state index is 13.7. The lowest BCUT2D eigenvalue weighted by Gasteiger charge is -2.07. The summed E-state index contributed by atoms with van der Waals surface area (Å²) >= 11 is 0. The average Bonchev–Trinajstić information content (AvgIpc) is 2.71. The van der Waals surface area contributed by atoms with Crippen molar-refractivity contribution in [2.24, 2.45) is 5.73 Å². The highest BCUT2D eigenvalue weighted by Gasteiger charge is 2.11. The summed E-state index contributed by atoms with van der Waals surface area (Å²) in [5.74, 6) is -0.472. The topological polar surface area (TPSA) is 70.9 Å². The highest BCUT2D eigenvalue weighted by molar-refractivity contribution is 5.89. The van der Waals surface area contributed by atoms with E-state index in [-0.39, 0.29) is 24.2 Å². The second-order valence-electron chi connectivity index (χ2n) is 4.43. The molecule has 1 aromatic carbocycles. The molecule has 18 heavy (non-hydrogen) atoms. The lowest BCUT2D eigenvalue weighted by atomic mass is 10.1. The number of hydrogen-bond donors (Lipinski definition) is 3. The molecule has 1 amide bonds. The van der Waals surface area contributed by atoms with E-state index in [9.17, 15) is 9.18 Å². The molecule has 0 aliphatic carbocycles. The fourth-order valence-electron chi connectivity index (χ4n) is 1.86. The van der Waals surface area contributed by atoms with Crippen LogP contribution in [0.25, 0.3) is 10.9 Å². The van der Waals surface area contributed by atoms with Gasteiger partial charge in [0.25, 0.3) is 0 Å². The minimum atomic E-state index is -0.316. The van der Waals surface area contributed by atoms with E-state index in [1.165, 1.54) is 6.07 Å². The van der Waals surface area contributed by atoms with Gasteiger partial charge in [0.1, 0.15) is 5.82 Å². The van der Waals surface area contributed by atoms with Crippen molar-refractivity contribution in [2.45, 2.75) is 19.4 Å².